The van der Waals surface area contributed by atoms with Crippen molar-refractivity contribution in [3.8, 4) is 11.3 Å². The van der Waals surface area contributed by atoms with E-state index in [-0.39, 0.29) is 6.04 Å². The predicted octanol–water partition coefficient (Wildman–Crippen LogP) is 7.79. The van der Waals surface area contributed by atoms with Crippen LogP contribution in [-0.4, -0.2) is 4.98 Å². The normalized spacial score (nSPS) is 12.4. The SMILES string of the molecule is Cc1cccc(C)c1-c1cccc([C@@H](C)Nc2c(C(C)C)cccc2C(C)C)n1. The molecule has 1 atom stereocenters. The van der Waals surface area contributed by atoms with Crippen molar-refractivity contribution >= 4 is 5.69 Å². The third kappa shape index (κ3) is 4.53. The lowest BCUT2D eigenvalue weighted by Gasteiger charge is -2.24. The predicted molar refractivity (Wildman–Crippen MR) is 126 cm³/mol. The molecule has 0 aliphatic rings. The lowest BCUT2D eigenvalue weighted by atomic mass is 9.92. The number of nitrogens with zero attached hydrogens (tertiary/aromatic N) is 1. The number of anilines is 1. The van der Waals surface area contributed by atoms with Crippen LogP contribution in [0.1, 0.15) is 80.4 Å². The van der Waals surface area contributed by atoms with Crippen molar-refractivity contribution in [1.29, 1.82) is 0 Å². The molecule has 0 bridgehead atoms. The number of benzene rings is 2. The van der Waals surface area contributed by atoms with Crippen LogP contribution in [0.2, 0.25) is 0 Å². The maximum Gasteiger partial charge on any atom is 0.0711 e. The van der Waals surface area contributed by atoms with E-state index >= 15 is 0 Å². The summed E-state index contributed by atoms with van der Waals surface area (Å²) >= 11 is 0. The average molecular weight is 387 g/mol. The van der Waals surface area contributed by atoms with Crippen LogP contribution in [0.3, 0.4) is 0 Å². The van der Waals surface area contributed by atoms with Crippen molar-refractivity contribution in [3.63, 3.8) is 0 Å². The molecule has 2 heteroatoms. The Morgan fingerprint density at radius 1 is 0.690 bits per heavy atom. The molecule has 0 amide bonds. The first-order chi connectivity index (χ1) is 13.8. The number of aryl methyl sites for hydroxylation is 2. The van der Waals surface area contributed by atoms with Gasteiger partial charge in [-0.05, 0) is 67.0 Å². The molecule has 152 valence electrons. The number of nitrogens with one attached hydrogen (secondary N) is 1. The molecule has 0 spiro atoms. The molecule has 1 aromatic heterocycles. The van der Waals surface area contributed by atoms with Crippen LogP contribution in [0.4, 0.5) is 5.69 Å². The summed E-state index contributed by atoms with van der Waals surface area (Å²) in [5.74, 6) is 0.939. The van der Waals surface area contributed by atoms with Gasteiger partial charge in [0.05, 0.1) is 17.4 Å². The summed E-state index contributed by atoms with van der Waals surface area (Å²) in [6.07, 6.45) is 0. The Hall–Kier alpha value is -2.61. The molecule has 29 heavy (non-hydrogen) atoms. The van der Waals surface area contributed by atoms with Gasteiger partial charge in [-0.3, -0.25) is 4.98 Å². The standard InChI is InChI=1S/C27H34N2/c1-17(2)22-13-9-14-23(18(3)4)27(22)28-21(7)24-15-10-16-25(29-24)26-19(5)11-8-12-20(26)6/h8-18,21,28H,1-7H3/t21-/m1/s1. The summed E-state index contributed by atoms with van der Waals surface area (Å²) in [4.78, 5) is 5.05. The largest absolute Gasteiger partial charge is 0.376 e. The summed E-state index contributed by atoms with van der Waals surface area (Å²) < 4.78 is 0. The topological polar surface area (TPSA) is 24.9 Å². The summed E-state index contributed by atoms with van der Waals surface area (Å²) in [7, 11) is 0. The van der Waals surface area contributed by atoms with E-state index in [2.05, 4.69) is 108 Å². The second kappa shape index (κ2) is 8.82. The third-order valence-electron chi connectivity index (χ3n) is 5.69. The van der Waals surface area contributed by atoms with Crippen LogP contribution in [0.5, 0.6) is 0 Å². The molecule has 0 radical (unpaired) electrons. The van der Waals surface area contributed by atoms with Gasteiger partial charge in [0.25, 0.3) is 0 Å². The van der Waals surface area contributed by atoms with Crippen molar-refractivity contribution in [2.45, 2.75) is 66.3 Å². The Bertz CT molecular complexity index is 939. The summed E-state index contributed by atoms with van der Waals surface area (Å²) in [6, 6.07) is 19.6. The van der Waals surface area contributed by atoms with Gasteiger partial charge in [-0.1, -0.05) is 70.2 Å². The second-order valence-corrected chi connectivity index (χ2v) is 8.70. The van der Waals surface area contributed by atoms with Crippen molar-refractivity contribution in [2.24, 2.45) is 0 Å². The van der Waals surface area contributed by atoms with E-state index in [0.717, 1.165) is 11.4 Å². The van der Waals surface area contributed by atoms with Crippen LogP contribution in [0.25, 0.3) is 11.3 Å². The highest BCUT2D eigenvalue weighted by atomic mass is 14.9. The van der Waals surface area contributed by atoms with E-state index in [1.54, 1.807) is 0 Å². The van der Waals surface area contributed by atoms with Gasteiger partial charge in [0.15, 0.2) is 0 Å². The molecule has 1 heterocycles. The summed E-state index contributed by atoms with van der Waals surface area (Å²) in [5, 5.41) is 3.80. The second-order valence-electron chi connectivity index (χ2n) is 8.70. The van der Waals surface area contributed by atoms with Gasteiger partial charge in [-0.15, -0.1) is 0 Å². The minimum Gasteiger partial charge on any atom is -0.376 e. The average Bonchev–Trinajstić information content (AvgIpc) is 2.68. The highest BCUT2D eigenvalue weighted by Crippen LogP contribution is 2.35. The van der Waals surface area contributed by atoms with Gasteiger partial charge in [0.1, 0.15) is 0 Å². The van der Waals surface area contributed by atoms with Crippen molar-refractivity contribution in [1.82, 2.24) is 4.98 Å². The number of hydrogen-bond donors (Lipinski definition) is 1. The Kier molecular flexibility index (Phi) is 6.42. The molecule has 2 aromatic carbocycles. The number of aromatic nitrogens is 1. The zero-order valence-corrected chi connectivity index (χ0v) is 18.9. The summed E-state index contributed by atoms with van der Waals surface area (Å²) in [5.41, 5.74) is 9.90. The molecule has 0 aliphatic heterocycles. The first-order valence-corrected chi connectivity index (χ1v) is 10.7. The lowest BCUT2D eigenvalue weighted by Crippen LogP contribution is -2.13. The first-order valence-electron chi connectivity index (χ1n) is 10.7. The van der Waals surface area contributed by atoms with E-state index in [1.165, 1.54) is 33.5 Å². The highest BCUT2D eigenvalue weighted by molar-refractivity contribution is 5.68. The number of hydrogen-bond acceptors (Lipinski definition) is 2. The Morgan fingerprint density at radius 3 is 1.76 bits per heavy atom. The van der Waals surface area contributed by atoms with E-state index < -0.39 is 0 Å². The fourth-order valence-corrected chi connectivity index (χ4v) is 4.06. The van der Waals surface area contributed by atoms with E-state index in [1.807, 2.05) is 0 Å². The van der Waals surface area contributed by atoms with Crippen molar-refractivity contribution in [2.75, 3.05) is 5.32 Å². The lowest BCUT2D eigenvalue weighted by molar-refractivity contribution is 0.797. The molecule has 0 saturated carbocycles. The Balaban J connectivity index is 1.98. The van der Waals surface area contributed by atoms with Crippen LogP contribution in [-0.2, 0) is 0 Å². The molecule has 0 unspecified atom stereocenters. The van der Waals surface area contributed by atoms with Crippen LogP contribution >= 0.6 is 0 Å². The quantitative estimate of drug-likeness (QED) is 0.468. The molecular weight excluding hydrogens is 352 g/mol. The van der Waals surface area contributed by atoms with Crippen LogP contribution in [0.15, 0.2) is 54.6 Å². The third-order valence-corrected chi connectivity index (χ3v) is 5.69. The van der Waals surface area contributed by atoms with E-state index in [0.29, 0.717) is 11.8 Å². The number of rotatable bonds is 6. The molecule has 3 rings (SSSR count). The maximum atomic E-state index is 5.05. The zero-order valence-electron chi connectivity index (χ0n) is 18.9. The smallest absolute Gasteiger partial charge is 0.0711 e. The molecule has 0 fully saturated rings. The van der Waals surface area contributed by atoms with Crippen LogP contribution < -0.4 is 5.32 Å². The van der Waals surface area contributed by atoms with Gasteiger partial charge in [0.2, 0.25) is 0 Å². The van der Waals surface area contributed by atoms with Gasteiger partial charge in [-0.25, -0.2) is 0 Å². The molecular formula is C27H34N2. The Labute approximate surface area is 176 Å². The van der Waals surface area contributed by atoms with E-state index in [4.69, 9.17) is 4.98 Å². The molecule has 0 aliphatic carbocycles. The van der Waals surface area contributed by atoms with Gasteiger partial charge < -0.3 is 5.32 Å². The molecule has 2 nitrogen and oxygen atoms in total. The van der Waals surface area contributed by atoms with E-state index in [9.17, 15) is 0 Å². The summed E-state index contributed by atoms with van der Waals surface area (Å²) in [6.45, 7) is 15.6. The minimum atomic E-state index is 0.122. The fourth-order valence-electron chi connectivity index (χ4n) is 4.06. The number of pyridine rings is 1. The van der Waals surface area contributed by atoms with Gasteiger partial charge in [-0.2, -0.15) is 0 Å². The monoisotopic (exact) mass is 386 g/mol. The molecule has 3 aromatic rings. The van der Waals surface area contributed by atoms with Gasteiger partial charge in [0, 0.05) is 11.3 Å². The van der Waals surface area contributed by atoms with Crippen LogP contribution in [0, 0.1) is 13.8 Å². The first kappa shape index (κ1) is 21.1. The minimum absolute atomic E-state index is 0.122. The van der Waals surface area contributed by atoms with Crippen molar-refractivity contribution in [3.05, 3.63) is 82.5 Å². The maximum absolute atomic E-state index is 5.05. The molecule has 1 N–H and O–H groups in total. The van der Waals surface area contributed by atoms with Crippen molar-refractivity contribution < 1.29 is 0 Å². The highest BCUT2D eigenvalue weighted by Gasteiger charge is 2.17. The number of para-hydroxylation sites is 1. The van der Waals surface area contributed by atoms with Gasteiger partial charge >= 0.3 is 0 Å². The fraction of sp³-hybridized carbons (Fsp3) is 0.370. The Morgan fingerprint density at radius 2 is 1.21 bits per heavy atom. The zero-order chi connectivity index (χ0) is 21.1. The molecule has 0 saturated heterocycles.